The number of rotatable bonds is 8. The maximum absolute atomic E-state index is 12.8. The van der Waals surface area contributed by atoms with Crippen LogP contribution in [0.1, 0.15) is 39.2 Å². The smallest absolute Gasteiger partial charge is 0.327 e. The molecule has 2 unspecified atom stereocenters. The van der Waals surface area contributed by atoms with Crippen LogP contribution in [-0.4, -0.2) is 38.9 Å². The standard InChI is InChI=1S/C19H23NO4S2/c1-4-10-24-14-8-6-13(7-9-14)11-15-17(21)20(19(25)26-15)16(18(22)23)12(3)5-2/h6-9,11-12,16H,4-5,10H2,1-3H3,(H,22,23)/b15-11-. The average Bonchev–Trinajstić information content (AvgIpc) is 2.88. The molecular weight excluding hydrogens is 370 g/mol. The molecular formula is C19H23NO4S2. The first-order chi connectivity index (χ1) is 12.4. The van der Waals surface area contributed by atoms with Gasteiger partial charge in [-0.1, -0.05) is 63.3 Å². The van der Waals surface area contributed by atoms with Crippen LogP contribution in [0.25, 0.3) is 6.08 Å². The number of ether oxygens (including phenoxy) is 1. The van der Waals surface area contributed by atoms with E-state index in [9.17, 15) is 14.7 Å². The van der Waals surface area contributed by atoms with Gasteiger partial charge >= 0.3 is 5.97 Å². The fraction of sp³-hybridized carbons (Fsp3) is 0.421. The number of carboxylic acid groups (broad SMARTS) is 1. The summed E-state index contributed by atoms with van der Waals surface area (Å²) in [5, 5.41) is 9.55. The number of thiocarbonyl (C=S) groups is 1. The van der Waals surface area contributed by atoms with Gasteiger partial charge in [0.1, 0.15) is 16.1 Å². The number of nitrogens with zero attached hydrogens (tertiary/aromatic N) is 1. The van der Waals surface area contributed by atoms with Crippen molar-refractivity contribution in [3.8, 4) is 5.75 Å². The molecule has 1 aliphatic heterocycles. The van der Waals surface area contributed by atoms with Crippen LogP contribution in [-0.2, 0) is 9.59 Å². The zero-order chi connectivity index (χ0) is 19.3. The lowest BCUT2D eigenvalue weighted by Crippen LogP contribution is -2.47. The summed E-state index contributed by atoms with van der Waals surface area (Å²) in [6, 6.07) is 6.48. The molecule has 2 atom stereocenters. The molecule has 26 heavy (non-hydrogen) atoms. The molecule has 1 aliphatic rings. The summed E-state index contributed by atoms with van der Waals surface area (Å²) in [5.41, 5.74) is 0.838. The van der Waals surface area contributed by atoms with Crippen molar-refractivity contribution >= 4 is 46.3 Å². The molecule has 2 rings (SSSR count). The molecule has 0 saturated carbocycles. The van der Waals surface area contributed by atoms with E-state index in [1.54, 1.807) is 6.08 Å². The number of carbonyl (C=O) groups excluding carboxylic acids is 1. The van der Waals surface area contributed by atoms with E-state index in [-0.39, 0.29) is 16.1 Å². The van der Waals surface area contributed by atoms with Crippen LogP contribution in [0, 0.1) is 5.92 Å². The second-order valence-corrected chi connectivity index (χ2v) is 7.81. The zero-order valence-electron chi connectivity index (χ0n) is 15.1. The van der Waals surface area contributed by atoms with Gasteiger partial charge in [0.05, 0.1) is 11.5 Å². The van der Waals surface area contributed by atoms with Crippen LogP contribution in [0.2, 0.25) is 0 Å². The Morgan fingerprint density at radius 3 is 2.54 bits per heavy atom. The summed E-state index contributed by atoms with van der Waals surface area (Å²) in [6.45, 7) is 6.41. The zero-order valence-corrected chi connectivity index (χ0v) is 16.7. The first-order valence-corrected chi connectivity index (χ1v) is 9.84. The highest BCUT2D eigenvalue weighted by Gasteiger charge is 2.42. The van der Waals surface area contributed by atoms with Crippen molar-refractivity contribution in [2.45, 2.75) is 39.7 Å². The third kappa shape index (κ3) is 4.65. The normalized spacial score (nSPS) is 18.3. The van der Waals surface area contributed by atoms with E-state index in [0.717, 1.165) is 29.5 Å². The summed E-state index contributed by atoms with van der Waals surface area (Å²) in [7, 11) is 0. The van der Waals surface area contributed by atoms with Gasteiger partial charge in [0, 0.05) is 0 Å². The minimum absolute atomic E-state index is 0.190. The van der Waals surface area contributed by atoms with E-state index >= 15 is 0 Å². The molecule has 5 nitrogen and oxygen atoms in total. The Balaban J connectivity index is 2.21. The van der Waals surface area contributed by atoms with Crippen molar-refractivity contribution in [3.63, 3.8) is 0 Å². The number of hydrogen-bond acceptors (Lipinski definition) is 5. The van der Waals surface area contributed by atoms with Crippen LogP contribution in [0.4, 0.5) is 0 Å². The van der Waals surface area contributed by atoms with E-state index in [1.165, 1.54) is 4.90 Å². The fourth-order valence-corrected chi connectivity index (χ4v) is 3.91. The molecule has 1 amide bonds. The highest BCUT2D eigenvalue weighted by atomic mass is 32.2. The van der Waals surface area contributed by atoms with Crippen LogP contribution in [0.15, 0.2) is 29.2 Å². The lowest BCUT2D eigenvalue weighted by molar-refractivity contribution is -0.147. The van der Waals surface area contributed by atoms with Crippen molar-refractivity contribution < 1.29 is 19.4 Å². The summed E-state index contributed by atoms with van der Waals surface area (Å²) >= 11 is 6.43. The van der Waals surface area contributed by atoms with Crippen LogP contribution in [0.5, 0.6) is 5.75 Å². The van der Waals surface area contributed by atoms with Crippen molar-refractivity contribution in [1.82, 2.24) is 4.90 Å². The molecule has 0 aromatic heterocycles. The number of benzene rings is 1. The van der Waals surface area contributed by atoms with Gasteiger partial charge in [-0.3, -0.25) is 9.69 Å². The number of carboxylic acids is 1. The van der Waals surface area contributed by atoms with Crippen LogP contribution in [0.3, 0.4) is 0 Å². The van der Waals surface area contributed by atoms with Gasteiger partial charge in [0.25, 0.3) is 5.91 Å². The second kappa shape index (κ2) is 9.19. The molecule has 0 aliphatic carbocycles. The van der Waals surface area contributed by atoms with Crippen molar-refractivity contribution in [2.75, 3.05) is 6.61 Å². The van der Waals surface area contributed by atoms with E-state index < -0.39 is 12.0 Å². The molecule has 1 fully saturated rings. The molecule has 0 spiro atoms. The average molecular weight is 394 g/mol. The minimum Gasteiger partial charge on any atom is -0.494 e. The topological polar surface area (TPSA) is 66.8 Å². The predicted octanol–water partition coefficient (Wildman–Crippen LogP) is 4.18. The molecule has 0 bridgehead atoms. The maximum atomic E-state index is 12.8. The minimum atomic E-state index is -1.03. The number of hydrogen-bond donors (Lipinski definition) is 1. The number of aliphatic carboxylic acids is 1. The second-order valence-electron chi connectivity index (χ2n) is 6.14. The van der Waals surface area contributed by atoms with E-state index in [2.05, 4.69) is 0 Å². The lowest BCUT2D eigenvalue weighted by atomic mass is 9.98. The van der Waals surface area contributed by atoms with Gasteiger partial charge in [-0.05, 0) is 36.1 Å². The first-order valence-electron chi connectivity index (χ1n) is 8.61. The van der Waals surface area contributed by atoms with Gasteiger partial charge in [-0.2, -0.15) is 0 Å². The Bertz CT molecular complexity index is 715. The third-order valence-corrected chi connectivity index (χ3v) is 5.52. The van der Waals surface area contributed by atoms with E-state index in [4.69, 9.17) is 17.0 Å². The summed E-state index contributed by atoms with van der Waals surface area (Å²) < 4.78 is 5.83. The van der Waals surface area contributed by atoms with Gasteiger partial charge in [-0.15, -0.1) is 0 Å². The van der Waals surface area contributed by atoms with Gasteiger partial charge < -0.3 is 9.84 Å². The molecule has 1 saturated heterocycles. The molecule has 0 radical (unpaired) electrons. The lowest BCUT2D eigenvalue weighted by Gasteiger charge is -2.27. The van der Waals surface area contributed by atoms with Crippen molar-refractivity contribution in [1.29, 1.82) is 0 Å². The molecule has 140 valence electrons. The van der Waals surface area contributed by atoms with Crippen LogP contribution >= 0.6 is 24.0 Å². The number of carbonyl (C=O) groups is 2. The number of amides is 1. The summed E-state index contributed by atoms with van der Waals surface area (Å²) in [5.74, 6) is -0.794. The number of thioether (sulfide) groups is 1. The fourth-order valence-electron chi connectivity index (χ4n) is 2.58. The summed E-state index contributed by atoms with van der Waals surface area (Å²) in [4.78, 5) is 26.1. The Morgan fingerprint density at radius 1 is 1.35 bits per heavy atom. The maximum Gasteiger partial charge on any atom is 0.327 e. The quantitative estimate of drug-likeness (QED) is 0.528. The predicted molar refractivity (Wildman–Crippen MR) is 108 cm³/mol. The van der Waals surface area contributed by atoms with Crippen molar-refractivity contribution in [2.24, 2.45) is 5.92 Å². The molecule has 7 heteroatoms. The SMILES string of the molecule is CCCOc1ccc(/C=C2\SC(=S)N(C(C(=O)O)C(C)CC)C2=O)cc1. The third-order valence-electron chi connectivity index (χ3n) is 4.19. The van der Waals surface area contributed by atoms with E-state index in [0.29, 0.717) is 17.9 Å². The highest BCUT2D eigenvalue weighted by molar-refractivity contribution is 8.26. The highest BCUT2D eigenvalue weighted by Crippen LogP contribution is 2.36. The molecule has 1 heterocycles. The first kappa shape index (κ1) is 20.5. The van der Waals surface area contributed by atoms with Gasteiger partial charge in [0.2, 0.25) is 0 Å². The Kier molecular flexibility index (Phi) is 7.23. The Labute approximate surface area is 163 Å². The van der Waals surface area contributed by atoms with E-state index in [1.807, 2.05) is 45.0 Å². The Hall–Kier alpha value is -1.86. The van der Waals surface area contributed by atoms with Gasteiger partial charge in [-0.25, -0.2) is 4.79 Å². The monoisotopic (exact) mass is 393 g/mol. The van der Waals surface area contributed by atoms with Crippen LogP contribution < -0.4 is 4.74 Å². The molecule has 1 aromatic carbocycles. The largest absolute Gasteiger partial charge is 0.494 e. The Morgan fingerprint density at radius 2 is 2.00 bits per heavy atom. The molecule has 1 aromatic rings. The molecule has 1 N–H and O–H groups in total. The van der Waals surface area contributed by atoms with Crippen molar-refractivity contribution in [3.05, 3.63) is 34.7 Å². The summed E-state index contributed by atoms with van der Waals surface area (Å²) in [6.07, 6.45) is 3.32. The van der Waals surface area contributed by atoms with Gasteiger partial charge in [0.15, 0.2) is 0 Å².